The molecular formula is C18H21Cl3N6. The summed E-state index contributed by atoms with van der Waals surface area (Å²) in [5, 5.41) is 1.74. The molecule has 2 fully saturated rings. The van der Waals surface area contributed by atoms with Crippen molar-refractivity contribution >= 4 is 46.6 Å². The molecule has 2 aliphatic heterocycles. The Morgan fingerprint density at radius 3 is 2.52 bits per heavy atom. The summed E-state index contributed by atoms with van der Waals surface area (Å²) in [7, 11) is 0. The Bertz CT molecular complexity index is 804. The number of rotatable bonds is 3. The standard InChI is InChI=1S/C18H21Cl3N6/c19-11-1-2-12(13(20)7-11)15-8-14(25-26-15)10-3-5-27(6-4-10)17-9-16(21)23-18(22)24-17/h1-2,7,9-10,14-15,25-26H,3-6,8H2,(H2,22,23,24). The van der Waals surface area contributed by atoms with E-state index in [1.54, 1.807) is 12.1 Å². The summed E-state index contributed by atoms with van der Waals surface area (Å²) < 4.78 is 0. The molecular weight excluding hydrogens is 407 g/mol. The van der Waals surface area contributed by atoms with Gasteiger partial charge in [0.25, 0.3) is 0 Å². The molecule has 1 aromatic heterocycles. The number of piperidine rings is 1. The summed E-state index contributed by atoms with van der Waals surface area (Å²) in [6, 6.07) is 8.05. The highest BCUT2D eigenvalue weighted by atomic mass is 35.5. The van der Waals surface area contributed by atoms with Crippen molar-refractivity contribution in [3.8, 4) is 0 Å². The number of nitrogens with zero attached hydrogens (tertiary/aromatic N) is 3. The van der Waals surface area contributed by atoms with Crippen LogP contribution in [0, 0.1) is 5.92 Å². The van der Waals surface area contributed by atoms with Crippen molar-refractivity contribution in [2.45, 2.75) is 31.3 Å². The second-order valence-corrected chi connectivity index (χ2v) is 8.31. The van der Waals surface area contributed by atoms with E-state index >= 15 is 0 Å². The van der Waals surface area contributed by atoms with Gasteiger partial charge in [-0.1, -0.05) is 40.9 Å². The third-order valence-electron chi connectivity index (χ3n) is 5.40. The molecule has 0 amide bonds. The summed E-state index contributed by atoms with van der Waals surface area (Å²) in [5.41, 5.74) is 13.7. The number of anilines is 2. The Balaban J connectivity index is 1.36. The minimum Gasteiger partial charge on any atom is -0.368 e. The molecule has 0 radical (unpaired) electrons. The Morgan fingerprint density at radius 2 is 1.81 bits per heavy atom. The molecule has 9 heteroatoms. The zero-order valence-electron chi connectivity index (χ0n) is 14.6. The van der Waals surface area contributed by atoms with Crippen LogP contribution in [0.3, 0.4) is 0 Å². The van der Waals surface area contributed by atoms with E-state index < -0.39 is 0 Å². The van der Waals surface area contributed by atoms with Crippen LogP contribution in [0.2, 0.25) is 15.2 Å². The number of benzene rings is 1. The van der Waals surface area contributed by atoms with Crippen LogP contribution in [0.4, 0.5) is 11.8 Å². The molecule has 4 rings (SSSR count). The molecule has 144 valence electrons. The van der Waals surface area contributed by atoms with Gasteiger partial charge in [0.15, 0.2) is 0 Å². The number of nitrogen functional groups attached to an aromatic ring is 1. The molecule has 2 aliphatic rings. The smallest absolute Gasteiger partial charge is 0.223 e. The highest BCUT2D eigenvalue weighted by molar-refractivity contribution is 6.35. The fourth-order valence-electron chi connectivity index (χ4n) is 3.99. The first kappa shape index (κ1) is 19.0. The SMILES string of the molecule is Nc1nc(Cl)cc(N2CCC(C3CC(c4ccc(Cl)cc4Cl)NN3)CC2)n1. The predicted octanol–water partition coefficient (Wildman–Crippen LogP) is 3.84. The van der Waals surface area contributed by atoms with Gasteiger partial charge >= 0.3 is 0 Å². The van der Waals surface area contributed by atoms with Crippen molar-refractivity contribution in [3.63, 3.8) is 0 Å². The molecule has 1 aromatic carbocycles. The zero-order valence-corrected chi connectivity index (χ0v) is 16.9. The lowest BCUT2D eigenvalue weighted by atomic mass is 9.86. The second-order valence-electron chi connectivity index (χ2n) is 7.08. The molecule has 0 bridgehead atoms. The summed E-state index contributed by atoms with van der Waals surface area (Å²) >= 11 is 18.4. The van der Waals surface area contributed by atoms with Gasteiger partial charge in [0.05, 0.1) is 0 Å². The maximum atomic E-state index is 6.36. The third kappa shape index (κ3) is 4.25. The molecule has 2 saturated heterocycles. The minimum atomic E-state index is 0.193. The van der Waals surface area contributed by atoms with Crippen LogP contribution in [0.5, 0.6) is 0 Å². The second kappa shape index (κ2) is 7.97. The van der Waals surface area contributed by atoms with Crippen molar-refractivity contribution in [3.05, 3.63) is 45.0 Å². The number of aromatic nitrogens is 2. The molecule has 27 heavy (non-hydrogen) atoms. The number of hydrogen-bond acceptors (Lipinski definition) is 6. The van der Waals surface area contributed by atoms with Crippen LogP contribution in [-0.2, 0) is 0 Å². The molecule has 0 spiro atoms. The fraction of sp³-hybridized carbons (Fsp3) is 0.444. The average Bonchev–Trinajstić information content (AvgIpc) is 3.11. The lowest BCUT2D eigenvalue weighted by Crippen LogP contribution is -2.43. The summed E-state index contributed by atoms with van der Waals surface area (Å²) in [6.45, 7) is 1.84. The van der Waals surface area contributed by atoms with Gasteiger partial charge in [-0.05, 0) is 42.9 Å². The van der Waals surface area contributed by atoms with E-state index in [1.807, 2.05) is 12.1 Å². The molecule has 0 saturated carbocycles. The molecule has 4 N–H and O–H groups in total. The summed E-state index contributed by atoms with van der Waals surface area (Å²) in [6.07, 6.45) is 3.14. The van der Waals surface area contributed by atoms with Crippen LogP contribution in [0.15, 0.2) is 24.3 Å². The van der Waals surface area contributed by atoms with Gasteiger partial charge in [0.1, 0.15) is 11.0 Å². The lowest BCUT2D eigenvalue weighted by Gasteiger charge is -2.35. The van der Waals surface area contributed by atoms with Gasteiger partial charge in [-0.3, -0.25) is 5.43 Å². The first-order chi connectivity index (χ1) is 13.0. The van der Waals surface area contributed by atoms with E-state index in [0.29, 0.717) is 27.2 Å². The fourth-order valence-corrected chi connectivity index (χ4v) is 4.72. The summed E-state index contributed by atoms with van der Waals surface area (Å²) in [4.78, 5) is 10.4. The monoisotopic (exact) mass is 426 g/mol. The summed E-state index contributed by atoms with van der Waals surface area (Å²) in [5.74, 6) is 1.60. The van der Waals surface area contributed by atoms with Gasteiger partial charge in [-0.2, -0.15) is 4.98 Å². The number of nitrogens with one attached hydrogen (secondary N) is 2. The van der Waals surface area contributed by atoms with Crippen molar-refractivity contribution < 1.29 is 0 Å². The van der Waals surface area contributed by atoms with Gasteiger partial charge in [-0.15, -0.1) is 0 Å². The number of hydrazine groups is 1. The van der Waals surface area contributed by atoms with E-state index in [-0.39, 0.29) is 12.0 Å². The van der Waals surface area contributed by atoms with Crippen molar-refractivity contribution in [2.24, 2.45) is 5.92 Å². The quantitative estimate of drug-likeness (QED) is 0.646. The van der Waals surface area contributed by atoms with Gasteiger partial charge in [-0.25, -0.2) is 10.4 Å². The van der Waals surface area contributed by atoms with Crippen molar-refractivity contribution in [2.75, 3.05) is 23.7 Å². The number of hydrogen-bond donors (Lipinski definition) is 3. The number of halogens is 3. The molecule has 2 atom stereocenters. The Kier molecular flexibility index (Phi) is 5.62. The van der Waals surface area contributed by atoms with Gasteiger partial charge < -0.3 is 10.6 Å². The van der Waals surface area contributed by atoms with E-state index in [2.05, 4.69) is 25.7 Å². The first-order valence-corrected chi connectivity index (χ1v) is 10.1. The molecule has 0 aliphatic carbocycles. The zero-order chi connectivity index (χ0) is 19.0. The van der Waals surface area contributed by atoms with E-state index in [4.69, 9.17) is 40.5 Å². The molecule has 6 nitrogen and oxygen atoms in total. The third-order valence-corrected chi connectivity index (χ3v) is 6.16. The van der Waals surface area contributed by atoms with Crippen LogP contribution in [-0.4, -0.2) is 29.1 Å². The van der Waals surface area contributed by atoms with Gasteiger partial charge in [0, 0.05) is 41.3 Å². The van der Waals surface area contributed by atoms with Crippen LogP contribution in [0.1, 0.15) is 30.9 Å². The molecule has 2 aromatic rings. The predicted molar refractivity (Wildman–Crippen MR) is 110 cm³/mol. The van der Waals surface area contributed by atoms with Crippen molar-refractivity contribution in [1.82, 2.24) is 20.8 Å². The molecule has 3 heterocycles. The lowest BCUT2D eigenvalue weighted by molar-refractivity contribution is 0.310. The van der Waals surface area contributed by atoms with Crippen LogP contribution < -0.4 is 21.5 Å². The maximum absolute atomic E-state index is 6.36. The highest BCUT2D eigenvalue weighted by Crippen LogP contribution is 2.35. The normalized spacial score (nSPS) is 23.7. The molecule has 2 unspecified atom stereocenters. The number of nitrogens with two attached hydrogens (primary N) is 1. The van der Waals surface area contributed by atoms with E-state index in [9.17, 15) is 0 Å². The van der Waals surface area contributed by atoms with E-state index in [0.717, 1.165) is 43.7 Å². The maximum Gasteiger partial charge on any atom is 0.223 e. The topological polar surface area (TPSA) is 79.1 Å². The largest absolute Gasteiger partial charge is 0.368 e. The minimum absolute atomic E-state index is 0.193. The van der Waals surface area contributed by atoms with Gasteiger partial charge in [0.2, 0.25) is 5.95 Å². The Morgan fingerprint density at radius 1 is 1.04 bits per heavy atom. The highest BCUT2D eigenvalue weighted by Gasteiger charge is 2.34. The average molecular weight is 428 g/mol. The van der Waals surface area contributed by atoms with Crippen molar-refractivity contribution in [1.29, 1.82) is 0 Å². The Labute approximate surface area is 173 Å². The van der Waals surface area contributed by atoms with Crippen LogP contribution in [0.25, 0.3) is 0 Å². The van der Waals surface area contributed by atoms with Crippen LogP contribution >= 0.6 is 34.8 Å². The van der Waals surface area contributed by atoms with E-state index in [1.165, 1.54) is 0 Å². The Hall–Kier alpha value is -1.31. The first-order valence-electron chi connectivity index (χ1n) is 9.00.